The van der Waals surface area contributed by atoms with Gasteiger partial charge >= 0.3 is 0 Å². The lowest BCUT2D eigenvalue weighted by molar-refractivity contribution is 1.17. The third kappa shape index (κ3) is 7.98. The highest BCUT2D eigenvalue weighted by molar-refractivity contribution is 6.27. The minimum atomic E-state index is 1.15. The molecule has 0 atom stereocenters. The fourth-order valence-corrected chi connectivity index (χ4v) is 13.4. The summed E-state index contributed by atoms with van der Waals surface area (Å²) < 4.78 is 9.74. The minimum absolute atomic E-state index is 1.15. The van der Waals surface area contributed by atoms with Gasteiger partial charge < -0.3 is 18.3 Å². The minimum Gasteiger partial charge on any atom is -0.309 e. The molecule has 396 valence electrons. The van der Waals surface area contributed by atoms with Crippen LogP contribution in [-0.2, 0) is 0 Å². The summed E-state index contributed by atoms with van der Waals surface area (Å²) in [5, 5.41) is 10.2. The van der Waals surface area contributed by atoms with Gasteiger partial charge in [-0.15, -0.1) is 0 Å². The normalized spacial score (nSPS) is 11.7. The maximum Gasteiger partial charge on any atom is 0.0641 e. The number of rotatable bonds is 7. The van der Waals surface area contributed by atoms with Gasteiger partial charge in [-0.2, -0.15) is 0 Å². The van der Waals surface area contributed by atoms with Crippen molar-refractivity contribution in [3.63, 3.8) is 0 Å². The van der Waals surface area contributed by atoms with Gasteiger partial charge in [0, 0.05) is 65.8 Å². The number of hydrogen-bond acceptors (Lipinski definition) is 0. The topological polar surface area (TPSA) is 19.7 Å². The van der Waals surface area contributed by atoms with Crippen LogP contribution in [0.15, 0.2) is 303 Å². The quantitative estimate of drug-likeness (QED) is 0.152. The first-order valence-corrected chi connectivity index (χ1v) is 29.0. The Bertz CT molecular complexity index is 5400. The molecule has 17 aromatic rings. The highest BCUT2D eigenvalue weighted by Crippen LogP contribution is 2.45. The standard InChI is InChI=1S/C43H30N2.C37H26N2/c1-29-12-9-13-30(26-29)31-14-10-15-32(27-31)33-16-11-19-35(28-33)44-40-23-8-6-21-38(40)42-41(44)25-24-37-36-20-5-7-22-39(36)45(43(37)42)34-17-3-2-4-18-34;1-25-11-9-12-26(23-25)27-13-10-16-29(24-27)38-34-20-8-6-18-32(34)36-35(38)22-21-31-30-17-5-7-19-33(30)39(37(31)36)28-14-3-2-4-15-28/h2-28H,1H3;2-24H,1H3. The molecule has 13 aromatic carbocycles. The van der Waals surface area contributed by atoms with Crippen LogP contribution < -0.4 is 0 Å². The molecule has 0 saturated heterocycles. The largest absolute Gasteiger partial charge is 0.309 e. The molecule has 0 radical (unpaired) electrons. The summed E-state index contributed by atoms with van der Waals surface area (Å²) in [6.07, 6.45) is 0. The van der Waals surface area contributed by atoms with Gasteiger partial charge in [-0.1, -0.05) is 223 Å². The molecule has 4 heterocycles. The third-order valence-electron chi connectivity index (χ3n) is 17.1. The number of fused-ring (bicyclic) bond motifs is 14. The Kier molecular flexibility index (Phi) is 11.6. The number of para-hydroxylation sites is 6. The van der Waals surface area contributed by atoms with Gasteiger partial charge in [0.2, 0.25) is 0 Å². The van der Waals surface area contributed by atoms with Gasteiger partial charge in [0.15, 0.2) is 0 Å². The first kappa shape index (κ1) is 48.9. The van der Waals surface area contributed by atoms with Crippen LogP contribution in [0.25, 0.3) is 143 Å². The highest BCUT2D eigenvalue weighted by atomic mass is 15.0. The zero-order valence-corrected chi connectivity index (χ0v) is 46.7. The van der Waals surface area contributed by atoms with Crippen molar-refractivity contribution in [1.29, 1.82) is 0 Å². The van der Waals surface area contributed by atoms with E-state index in [1.807, 2.05) is 0 Å². The average molecular weight is 1070 g/mol. The van der Waals surface area contributed by atoms with Crippen molar-refractivity contribution in [3.05, 3.63) is 314 Å². The molecule has 0 N–H and O–H groups in total. The fourth-order valence-electron chi connectivity index (χ4n) is 13.4. The maximum atomic E-state index is 2.44. The van der Waals surface area contributed by atoms with Crippen molar-refractivity contribution in [2.24, 2.45) is 0 Å². The van der Waals surface area contributed by atoms with Gasteiger partial charge in [-0.05, 0) is 138 Å². The van der Waals surface area contributed by atoms with Gasteiger partial charge in [-0.25, -0.2) is 0 Å². The number of hydrogen-bond donors (Lipinski definition) is 0. The Labute approximate surface area is 487 Å². The van der Waals surface area contributed by atoms with Gasteiger partial charge in [-0.3, -0.25) is 0 Å². The van der Waals surface area contributed by atoms with E-state index in [2.05, 4.69) is 335 Å². The first-order chi connectivity index (χ1) is 41.5. The second kappa shape index (κ2) is 19.9. The Morgan fingerprint density at radius 3 is 0.905 bits per heavy atom. The van der Waals surface area contributed by atoms with Crippen molar-refractivity contribution in [1.82, 2.24) is 18.3 Å². The second-order valence-corrected chi connectivity index (χ2v) is 22.2. The average Bonchev–Trinajstić information content (AvgIpc) is 2.54. The Hall–Kier alpha value is -10.9. The highest BCUT2D eigenvalue weighted by Gasteiger charge is 2.23. The summed E-state index contributed by atoms with van der Waals surface area (Å²) in [5.74, 6) is 0. The summed E-state index contributed by atoms with van der Waals surface area (Å²) in [5.41, 5.74) is 24.3. The summed E-state index contributed by atoms with van der Waals surface area (Å²) in [6, 6.07) is 110. The van der Waals surface area contributed by atoms with E-state index < -0.39 is 0 Å². The number of aromatic nitrogens is 4. The molecular weight excluding hydrogens is 1020 g/mol. The summed E-state index contributed by atoms with van der Waals surface area (Å²) >= 11 is 0. The van der Waals surface area contributed by atoms with Crippen LogP contribution in [0.3, 0.4) is 0 Å². The molecule has 4 aromatic heterocycles. The van der Waals surface area contributed by atoms with E-state index in [0.29, 0.717) is 0 Å². The molecule has 17 rings (SSSR count). The number of benzene rings is 13. The van der Waals surface area contributed by atoms with Crippen molar-refractivity contribution in [2.45, 2.75) is 13.8 Å². The van der Waals surface area contributed by atoms with Gasteiger partial charge in [0.1, 0.15) is 0 Å². The molecule has 4 nitrogen and oxygen atoms in total. The summed E-state index contributed by atoms with van der Waals surface area (Å²) in [4.78, 5) is 0. The molecule has 0 spiro atoms. The second-order valence-electron chi connectivity index (χ2n) is 22.2. The molecule has 4 heteroatoms. The Balaban J connectivity index is 0.000000139. The molecule has 0 unspecified atom stereocenters. The molecule has 0 fully saturated rings. The van der Waals surface area contributed by atoms with Crippen LogP contribution in [-0.4, -0.2) is 18.3 Å². The molecule has 0 saturated carbocycles. The van der Waals surface area contributed by atoms with Crippen LogP contribution in [0.1, 0.15) is 11.1 Å². The smallest absolute Gasteiger partial charge is 0.0641 e. The van der Waals surface area contributed by atoms with E-state index in [1.165, 1.54) is 149 Å². The van der Waals surface area contributed by atoms with Crippen LogP contribution >= 0.6 is 0 Å². The van der Waals surface area contributed by atoms with Crippen molar-refractivity contribution in [2.75, 3.05) is 0 Å². The van der Waals surface area contributed by atoms with Gasteiger partial charge in [0.25, 0.3) is 0 Å². The SMILES string of the molecule is Cc1cccc(-c2cccc(-c3cccc(-n4c5ccccc5c5c4ccc4c6ccccc6n(-c6ccccc6)c45)c3)c2)c1.Cc1cccc(-c2cccc(-n3c4ccccc4c4c3ccc3c5ccccc5n(-c5ccccc5)c34)c2)c1. The van der Waals surface area contributed by atoms with Crippen molar-refractivity contribution < 1.29 is 0 Å². The van der Waals surface area contributed by atoms with Crippen molar-refractivity contribution >= 4 is 87.2 Å². The first-order valence-electron chi connectivity index (χ1n) is 29.0. The Morgan fingerprint density at radius 2 is 0.500 bits per heavy atom. The molecule has 0 bridgehead atoms. The summed E-state index contributed by atoms with van der Waals surface area (Å²) in [6.45, 7) is 4.30. The van der Waals surface area contributed by atoms with Crippen LogP contribution in [0.2, 0.25) is 0 Å². The van der Waals surface area contributed by atoms with E-state index >= 15 is 0 Å². The monoisotopic (exact) mass is 1070 g/mol. The lowest BCUT2D eigenvalue weighted by Gasteiger charge is -2.12. The summed E-state index contributed by atoms with van der Waals surface area (Å²) in [7, 11) is 0. The third-order valence-corrected chi connectivity index (χ3v) is 17.1. The molecule has 0 aliphatic heterocycles. The lowest BCUT2D eigenvalue weighted by Crippen LogP contribution is -1.95. The predicted molar refractivity (Wildman–Crippen MR) is 356 cm³/mol. The molecule has 0 aliphatic rings. The maximum absolute atomic E-state index is 2.44. The zero-order valence-electron chi connectivity index (χ0n) is 46.7. The molecular formula is C80H56N4. The van der Waals surface area contributed by atoms with E-state index in [9.17, 15) is 0 Å². The van der Waals surface area contributed by atoms with Gasteiger partial charge in [0.05, 0.1) is 44.1 Å². The number of nitrogens with zero attached hydrogens (tertiary/aromatic N) is 4. The molecule has 0 aliphatic carbocycles. The predicted octanol–water partition coefficient (Wildman–Crippen LogP) is 21.4. The fraction of sp³-hybridized carbons (Fsp3) is 0.0250. The van der Waals surface area contributed by atoms with E-state index in [4.69, 9.17) is 0 Å². The van der Waals surface area contributed by atoms with Crippen molar-refractivity contribution in [3.8, 4) is 56.1 Å². The lowest BCUT2D eigenvalue weighted by atomic mass is 9.98. The van der Waals surface area contributed by atoms with Crippen LogP contribution in [0, 0.1) is 13.8 Å². The number of aryl methyl sites for hydroxylation is 2. The molecule has 84 heavy (non-hydrogen) atoms. The zero-order chi connectivity index (χ0) is 55.8. The van der Waals surface area contributed by atoms with E-state index in [0.717, 1.165) is 5.69 Å². The van der Waals surface area contributed by atoms with Crippen LogP contribution in [0.5, 0.6) is 0 Å². The van der Waals surface area contributed by atoms with Crippen LogP contribution in [0.4, 0.5) is 0 Å². The van der Waals surface area contributed by atoms with E-state index in [-0.39, 0.29) is 0 Å². The molecule has 0 amide bonds. The Morgan fingerprint density at radius 1 is 0.190 bits per heavy atom. The van der Waals surface area contributed by atoms with E-state index in [1.54, 1.807) is 0 Å².